The molecule has 2 heteroatoms. The van der Waals surface area contributed by atoms with E-state index in [2.05, 4.69) is 45.9 Å². The fourth-order valence-corrected chi connectivity index (χ4v) is 1.48. The largest absolute Gasteiger partial charge is 0.324 e. The molecular formula is C12H20ClN. The summed E-state index contributed by atoms with van der Waals surface area (Å²) in [6.07, 6.45) is 0. The Morgan fingerprint density at radius 3 is 2.21 bits per heavy atom. The minimum Gasteiger partial charge on any atom is -0.324 e. The van der Waals surface area contributed by atoms with E-state index >= 15 is 0 Å². The Labute approximate surface area is 93.1 Å². The van der Waals surface area contributed by atoms with E-state index in [4.69, 9.17) is 5.73 Å². The summed E-state index contributed by atoms with van der Waals surface area (Å²) in [5.74, 6) is 0.500. The first-order chi connectivity index (χ1) is 6.02. The lowest BCUT2D eigenvalue weighted by atomic mass is 9.92. The number of nitrogens with two attached hydrogens (primary N) is 1. The Bertz CT molecular complexity index is 294. The van der Waals surface area contributed by atoms with Crippen molar-refractivity contribution in [2.45, 2.75) is 33.7 Å². The molecule has 0 radical (unpaired) electrons. The van der Waals surface area contributed by atoms with Gasteiger partial charge in [0.15, 0.2) is 0 Å². The molecule has 1 aromatic carbocycles. The van der Waals surface area contributed by atoms with Gasteiger partial charge in [0.2, 0.25) is 0 Å². The zero-order valence-electron chi connectivity index (χ0n) is 9.37. The molecule has 1 aromatic rings. The van der Waals surface area contributed by atoms with E-state index in [0.29, 0.717) is 5.92 Å². The highest BCUT2D eigenvalue weighted by molar-refractivity contribution is 5.85. The minimum absolute atomic E-state index is 0. The van der Waals surface area contributed by atoms with Crippen LogP contribution in [0.1, 0.15) is 36.6 Å². The third-order valence-electron chi connectivity index (χ3n) is 2.51. The molecule has 1 unspecified atom stereocenters. The molecule has 0 aliphatic heterocycles. The van der Waals surface area contributed by atoms with Crippen LogP contribution in [0.3, 0.4) is 0 Å². The van der Waals surface area contributed by atoms with E-state index in [1.165, 1.54) is 16.7 Å². The van der Waals surface area contributed by atoms with Crippen LogP contribution in [0.15, 0.2) is 18.2 Å². The van der Waals surface area contributed by atoms with Crippen LogP contribution in [0, 0.1) is 19.8 Å². The second-order valence-electron chi connectivity index (χ2n) is 4.13. The van der Waals surface area contributed by atoms with Crippen LogP contribution >= 0.6 is 12.4 Å². The standard InChI is InChI=1S/C12H19N.ClH/c1-8(2)12(13)11-7-9(3)5-6-10(11)4;/h5-8,12H,13H2,1-4H3;1H. The van der Waals surface area contributed by atoms with Crippen LogP contribution in [-0.4, -0.2) is 0 Å². The zero-order chi connectivity index (χ0) is 10.0. The summed E-state index contributed by atoms with van der Waals surface area (Å²) in [4.78, 5) is 0. The van der Waals surface area contributed by atoms with Crippen molar-refractivity contribution in [3.63, 3.8) is 0 Å². The normalized spacial score (nSPS) is 12.4. The van der Waals surface area contributed by atoms with Crippen LogP contribution < -0.4 is 5.73 Å². The van der Waals surface area contributed by atoms with Gasteiger partial charge in [0.25, 0.3) is 0 Å². The summed E-state index contributed by atoms with van der Waals surface area (Å²) in [5, 5.41) is 0. The van der Waals surface area contributed by atoms with Crippen molar-refractivity contribution in [2.24, 2.45) is 11.7 Å². The Morgan fingerprint density at radius 2 is 1.71 bits per heavy atom. The fourth-order valence-electron chi connectivity index (χ4n) is 1.48. The molecule has 0 aromatic heterocycles. The number of aryl methyl sites for hydroxylation is 2. The molecule has 1 rings (SSSR count). The van der Waals surface area contributed by atoms with Crippen LogP contribution in [0.2, 0.25) is 0 Å². The van der Waals surface area contributed by atoms with E-state index in [1.807, 2.05) is 0 Å². The summed E-state index contributed by atoms with van der Waals surface area (Å²) in [5.41, 5.74) is 9.98. The van der Waals surface area contributed by atoms with Gasteiger partial charge in [-0.15, -0.1) is 12.4 Å². The molecule has 0 saturated heterocycles. The highest BCUT2D eigenvalue weighted by Crippen LogP contribution is 2.22. The Hall–Kier alpha value is -0.530. The average Bonchev–Trinajstić information content (AvgIpc) is 2.08. The van der Waals surface area contributed by atoms with E-state index in [1.54, 1.807) is 0 Å². The third kappa shape index (κ3) is 3.00. The highest BCUT2D eigenvalue weighted by Gasteiger charge is 2.12. The molecule has 0 aliphatic carbocycles. The lowest BCUT2D eigenvalue weighted by Crippen LogP contribution is -2.17. The zero-order valence-corrected chi connectivity index (χ0v) is 10.2. The highest BCUT2D eigenvalue weighted by atomic mass is 35.5. The summed E-state index contributed by atoms with van der Waals surface area (Å²) >= 11 is 0. The fraction of sp³-hybridized carbons (Fsp3) is 0.500. The number of rotatable bonds is 2. The van der Waals surface area contributed by atoms with Gasteiger partial charge >= 0.3 is 0 Å². The average molecular weight is 214 g/mol. The van der Waals surface area contributed by atoms with Gasteiger partial charge in [0.05, 0.1) is 0 Å². The maximum Gasteiger partial charge on any atom is 0.0320 e. The molecule has 0 heterocycles. The number of halogens is 1. The van der Waals surface area contributed by atoms with Gasteiger partial charge in [-0.1, -0.05) is 37.6 Å². The number of hydrogen-bond acceptors (Lipinski definition) is 1. The van der Waals surface area contributed by atoms with E-state index in [0.717, 1.165) is 0 Å². The first kappa shape index (κ1) is 13.5. The molecule has 2 N–H and O–H groups in total. The monoisotopic (exact) mass is 213 g/mol. The van der Waals surface area contributed by atoms with Gasteiger partial charge in [0.1, 0.15) is 0 Å². The molecule has 80 valence electrons. The summed E-state index contributed by atoms with van der Waals surface area (Å²) in [6.45, 7) is 8.55. The van der Waals surface area contributed by atoms with Gasteiger partial charge in [-0.05, 0) is 30.9 Å². The van der Waals surface area contributed by atoms with Gasteiger partial charge in [-0.2, -0.15) is 0 Å². The van der Waals surface area contributed by atoms with Crippen molar-refractivity contribution in [3.05, 3.63) is 34.9 Å². The van der Waals surface area contributed by atoms with Crippen molar-refractivity contribution in [2.75, 3.05) is 0 Å². The van der Waals surface area contributed by atoms with Gasteiger partial charge < -0.3 is 5.73 Å². The maximum absolute atomic E-state index is 6.11. The predicted molar refractivity (Wildman–Crippen MR) is 64.9 cm³/mol. The quantitative estimate of drug-likeness (QED) is 0.801. The number of hydrogen-bond donors (Lipinski definition) is 1. The van der Waals surface area contributed by atoms with E-state index in [9.17, 15) is 0 Å². The molecule has 1 nitrogen and oxygen atoms in total. The lowest BCUT2D eigenvalue weighted by Gasteiger charge is -2.18. The number of benzene rings is 1. The van der Waals surface area contributed by atoms with Crippen molar-refractivity contribution in [1.82, 2.24) is 0 Å². The Morgan fingerprint density at radius 1 is 1.14 bits per heavy atom. The minimum atomic E-state index is 0. The van der Waals surface area contributed by atoms with E-state index in [-0.39, 0.29) is 18.4 Å². The van der Waals surface area contributed by atoms with Crippen LogP contribution in [0.25, 0.3) is 0 Å². The molecular weight excluding hydrogens is 194 g/mol. The van der Waals surface area contributed by atoms with Crippen LogP contribution in [0.4, 0.5) is 0 Å². The Balaban J connectivity index is 0.00000169. The smallest absolute Gasteiger partial charge is 0.0320 e. The first-order valence-electron chi connectivity index (χ1n) is 4.85. The molecule has 0 spiro atoms. The Kier molecular flexibility index (Phi) is 5.17. The topological polar surface area (TPSA) is 26.0 Å². The van der Waals surface area contributed by atoms with Crippen molar-refractivity contribution in [1.29, 1.82) is 0 Å². The molecule has 0 fully saturated rings. The molecule has 0 aliphatic rings. The van der Waals surface area contributed by atoms with Gasteiger partial charge in [-0.25, -0.2) is 0 Å². The maximum atomic E-state index is 6.11. The van der Waals surface area contributed by atoms with Gasteiger partial charge in [0, 0.05) is 6.04 Å². The summed E-state index contributed by atoms with van der Waals surface area (Å²) in [7, 11) is 0. The van der Waals surface area contributed by atoms with Crippen molar-refractivity contribution in [3.8, 4) is 0 Å². The lowest BCUT2D eigenvalue weighted by molar-refractivity contribution is 0.512. The molecule has 0 bridgehead atoms. The predicted octanol–water partition coefficient (Wildman–Crippen LogP) is 3.38. The molecule has 0 saturated carbocycles. The second-order valence-corrected chi connectivity index (χ2v) is 4.13. The second kappa shape index (κ2) is 5.38. The molecule has 14 heavy (non-hydrogen) atoms. The van der Waals surface area contributed by atoms with Gasteiger partial charge in [-0.3, -0.25) is 0 Å². The SMILES string of the molecule is Cc1ccc(C)c(C(N)C(C)C)c1.Cl. The van der Waals surface area contributed by atoms with Crippen LogP contribution in [0.5, 0.6) is 0 Å². The van der Waals surface area contributed by atoms with E-state index < -0.39 is 0 Å². The molecule has 1 atom stereocenters. The summed E-state index contributed by atoms with van der Waals surface area (Å²) in [6, 6.07) is 6.64. The first-order valence-corrected chi connectivity index (χ1v) is 4.85. The van der Waals surface area contributed by atoms with Crippen molar-refractivity contribution < 1.29 is 0 Å². The molecule has 0 amide bonds. The summed E-state index contributed by atoms with van der Waals surface area (Å²) < 4.78 is 0. The van der Waals surface area contributed by atoms with Crippen LogP contribution in [-0.2, 0) is 0 Å². The van der Waals surface area contributed by atoms with Crippen molar-refractivity contribution >= 4 is 12.4 Å². The third-order valence-corrected chi connectivity index (χ3v) is 2.51.